The van der Waals surface area contributed by atoms with Crippen molar-refractivity contribution in [3.63, 3.8) is 0 Å². The smallest absolute Gasteiger partial charge is 0.394 e. The first-order chi connectivity index (χ1) is 39.0. The molecule has 0 unspecified atom stereocenters. The Kier molecular flexibility index (Phi) is 19.5. The third-order valence-corrected chi connectivity index (χ3v) is 26.5. The average Bonchev–Trinajstić information content (AvgIpc) is 1.37. The Hall–Kier alpha value is -1.66. The van der Waals surface area contributed by atoms with E-state index in [2.05, 4.69) is 47.6 Å². The highest BCUT2D eigenvalue weighted by Gasteiger charge is 2.68. The molecule has 0 aromatic rings. The van der Waals surface area contributed by atoms with Gasteiger partial charge in [0.05, 0.1) is 79.1 Å². The average molecular weight is 1200 g/mol. The molecule has 0 bridgehead atoms. The molecule has 13 rings (SSSR count). The van der Waals surface area contributed by atoms with Crippen LogP contribution in [0.4, 0.5) is 0 Å². The number of nitriles is 1. The quantitative estimate of drug-likeness (QED) is 0.0960. The van der Waals surface area contributed by atoms with Crippen molar-refractivity contribution in [1.29, 1.82) is 5.26 Å². The third kappa shape index (κ3) is 12.4. The lowest BCUT2D eigenvalue weighted by atomic mass is 9.43. The molecule has 12 aliphatic carbocycles. The van der Waals surface area contributed by atoms with Crippen molar-refractivity contribution in [2.45, 2.75) is 291 Å². The summed E-state index contributed by atoms with van der Waals surface area (Å²) in [6, 6.07) is 2.56. The van der Waals surface area contributed by atoms with E-state index < -0.39 is 22.6 Å². The van der Waals surface area contributed by atoms with Crippen LogP contribution in [0.15, 0.2) is 0 Å². The van der Waals surface area contributed by atoms with Gasteiger partial charge in [0.2, 0.25) is 0 Å². The Labute approximate surface area is 503 Å². The first kappa shape index (κ1) is 66.8. The zero-order valence-corrected chi connectivity index (χ0v) is 53.9. The van der Waals surface area contributed by atoms with Gasteiger partial charge in [-0.05, 0) is 256 Å². The Morgan fingerprint density at radius 3 is 1.26 bits per heavy atom. The summed E-state index contributed by atoms with van der Waals surface area (Å²) in [5.41, 5.74) is -0.336. The maximum absolute atomic E-state index is 12.6. The molecule has 1 aliphatic heterocycles. The molecule has 8 N–H and O–H groups in total. The first-order valence-electron chi connectivity index (χ1n) is 33.2. The number of hydrogen-bond donors (Lipinski definition) is 8. The minimum Gasteiger partial charge on any atom is -0.394 e. The molecular formula is C67H111NO15S. The van der Waals surface area contributed by atoms with E-state index in [1.54, 1.807) is 13.8 Å². The van der Waals surface area contributed by atoms with Crippen molar-refractivity contribution in [3.8, 4) is 6.07 Å². The van der Waals surface area contributed by atoms with Gasteiger partial charge < -0.3 is 44.8 Å². The van der Waals surface area contributed by atoms with Gasteiger partial charge in [0, 0.05) is 29.8 Å². The molecule has 0 amide bonds. The fraction of sp³-hybridized carbons (Fsp3) is 0.955. The molecule has 0 spiro atoms. The summed E-state index contributed by atoms with van der Waals surface area (Å²) in [5, 5.41) is 72.6. The zero-order chi connectivity index (χ0) is 61.8. The molecule has 0 radical (unpaired) electrons. The van der Waals surface area contributed by atoms with E-state index in [1.807, 2.05) is 27.7 Å². The van der Waals surface area contributed by atoms with Gasteiger partial charge in [-0.25, -0.2) is 0 Å². The minimum absolute atomic E-state index is 0.00587. The van der Waals surface area contributed by atoms with Crippen LogP contribution in [0.2, 0.25) is 0 Å². The van der Waals surface area contributed by atoms with Gasteiger partial charge in [0.25, 0.3) is 0 Å². The third-order valence-electron chi connectivity index (χ3n) is 26.5. The molecule has 1 heterocycles. The number of Topliss-reactive ketones (excluding diaryl/α,β-unsaturated/α-hetero) is 2. The lowest BCUT2D eigenvalue weighted by molar-refractivity contribution is -0.206. The Morgan fingerprint density at radius 2 is 0.869 bits per heavy atom. The zero-order valence-electron chi connectivity index (χ0n) is 53.1. The minimum atomic E-state index is -4.67. The number of ether oxygens (including phenoxy) is 3. The lowest BCUT2D eigenvalue weighted by Crippen LogP contribution is -2.61. The molecule has 13 fully saturated rings. The second kappa shape index (κ2) is 24.5. The molecule has 28 atom stereocenters. The lowest BCUT2D eigenvalue weighted by Gasteiger charge is -2.62. The highest BCUT2D eigenvalue weighted by atomic mass is 32.3. The molecule has 0 aromatic carbocycles. The van der Waals surface area contributed by atoms with Gasteiger partial charge in [0.15, 0.2) is 0 Å². The predicted molar refractivity (Wildman–Crippen MR) is 317 cm³/mol. The summed E-state index contributed by atoms with van der Waals surface area (Å²) in [6.45, 7) is 25.2. The van der Waals surface area contributed by atoms with Crippen molar-refractivity contribution in [1.82, 2.24) is 0 Å². The van der Waals surface area contributed by atoms with Crippen LogP contribution in [0.1, 0.15) is 218 Å². The van der Waals surface area contributed by atoms with Crippen molar-refractivity contribution in [3.05, 3.63) is 0 Å². The molecule has 1 saturated heterocycles. The standard InChI is InChI=1S/C23H37NO3.C22H36O4.C19H28O3.C3H8O.H2O4S/c1-13(2)27-20-11-23(4)14(9-18(20)25)5-7-16-17-8-6-15(12-24)22(17,3)10-19(26)21(16)23;1-12(2)26-18-11-21(3)13(9-16(18)23)5-6-14-15-7-8-19(25)22(15,4)10-17(24)20(14)21;1-18-9-15-14(22-15)7-10(18)3-4-11-12-5-6-16(21)19(12,2)8-13(20)17(11)18;1-3(2)4;1-5(2,3)4/h13-21,25-26H,5-11H2,1-4H3;12-18,20,23-24H,5-11H2,1-4H3;10-15,17,20H,3-9H2,1-2H3;3-4H,1-2H3;(H2,1,2,3,4)/t14-,15+,16-,17-,18-,19-,20-,21+,22+,23-;13-,14-,15-,16-,17-,18-,20+,21-,22-;10-,11-,12-,13-,14-,15+,17+,18-,19-;;/m000../s1. The summed E-state index contributed by atoms with van der Waals surface area (Å²) in [7, 11) is -4.67. The molecule has 17 heteroatoms. The normalized spacial score (nSPS) is 51.8. The number of epoxide rings is 1. The van der Waals surface area contributed by atoms with E-state index in [0.29, 0.717) is 102 Å². The van der Waals surface area contributed by atoms with Gasteiger partial charge >= 0.3 is 10.4 Å². The highest BCUT2D eigenvalue weighted by Crippen LogP contribution is 2.70. The van der Waals surface area contributed by atoms with Gasteiger partial charge in [-0.2, -0.15) is 13.7 Å². The second-order valence-electron chi connectivity index (χ2n) is 32.2. The van der Waals surface area contributed by atoms with Crippen LogP contribution in [0, 0.1) is 121 Å². The van der Waals surface area contributed by atoms with Gasteiger partial charge in [-0.15, -0.1) is 0 Å². The highest BCUT2D eigenvalue weighted by molar-refractivity contribution is 7.79. The second-order valence-corrected chi connectivity index (χ2v) is 33.1. The van der Waals surface area contributed by atoms with Gasteiger partial charge in [-0.1, -0.05) is 41.5 Å². The number of fused-ring (bicyclic) bond motifs is 16. The van der Waals surface area contributed by atoms with Crippen LogP contribution in [-0.2, 0) is 34.2 Å². The maximum Gasteiger partial charge on any atom is 0.394 e. The number of rotatable bonds is 4. The van der Waals surface area contributed by atoms with Crippen LogP contribution in [-0.4, -0.2) is 133 Å². The number of aliphatic hydroxyl groups is 6. The van der Waals surface area contributed by atoms with E-state index >= 15 is 0 Å². The van der Waals surface area contributed by atoms with E-state index in [-0.39, 0.29) is 99.1 Å². The summed E-state index contributed by atoms with van der Waals surface area (Å²) < 4.78 is 49.6. The van der Waals surface area contributed by atoms with Crippen molar-refractivity contribution >= 4 is 22.0 Å². The summed E-state index contributed by atoms with van der Waals surface area (Å²) >= 11 is 0. The number of carbonyl (C=O) groups is 2. The molecule has 84 heavy (non-hydrogen) atoms. The number of ketones is 2. The number of carbonyl (C=O) groups excluding carboxylic acids is 2. The SMILES string of the molecule is CC(C)O.CC(C)O[C@H]1C[C@@]2(C)[C@@H](CC[C@@H]3[C@@H]2[C@@H](O)C[C@]2(C)C(=O)CC[C@@H]32)C[C@@H]1O.CC(C)O[C@H]1C[C@@]2(C)[C@@H](CC[C@@H]3[C@@H]2[C@@H](O)C[C@]2(C)[C@@H](C#N)CC[C@@H]32)C[C@@H]1O.C[C@]12C[C@H]3O[C@H]3C[C@@H]1CC[C@@H]1[C@@H]2[C@@H](O)C[C@]2(C)C(=O)CC[C@@H]12.O=S(=O)(O)O. The predicted octanol–water partition coefficient (Wildman–Crippen LogP) is 9.92. The van der Waals surface area contributed by atoms with Crippen LogP contribution in [0.5, 0.6) is 0 Å². The van der Waals surface area contributed by atoms with Crippen LogP contribution >= 0.6 is 0 Å². The van der Waals surface area contributed by atoms with E-state index in [0.717, 1.165) is 96.3 Å². The summed E-state index contributed by atoms with van der Waals surface area (Å²) in [4.78, 5) is 25.0. The monoisotopic (exact) mass is 1200 g/mol. The molecule has 0 aromatic heterocycles. The van der Waals surface area contributed by atoms with Crippen LogP contribution < -0.4 is 0 Å². The number of nitrogens with zero attached hydrogens (tertiary/aromatic N) is 1. The molecule has 12 saturated carbocycles. The largest absolute Gasteiger partial charge is 0.394 e. The van der Waals surface area contributed by atoms with Crippen LogP contribution in [0.25, 0.3) is 0 Å². The fourth-order valence-electron chi connectivity index (χ4n) is 23.1. The van der Waals surface area contributed by atoms with E-state index in [9.17, 15) is 40.4 Å². The van der Waals surface area contributed by atoms with Crippen molar-refractivity contribution < 1.29 is 72.0 Å². The Morgan fingerprint density at radius 1 is 0.500 bits per heavy atom. The Balaban J connectivity index is 0.000000141. The molecule has 480 valence electrons. The van der Waals surface area contributed by atoms with Gasteiger partial charge in [0.1, 0.15) is 11.6 Å². The van der Waals surface area contributed by atoms with E-state index in [4.69, 9.17) is 36.8 Å². The number of aliphatic hydroxyl groups excluding tert-OH is 6. The summed E-state index contributed by atoms with van der Waals surface area (Å²) in [6.07, 6.45) is 19.2. The molecular weight excluding hydrogens is 1090 g/mol. The summed E-state index contributed by atoms with van der Waals surface area (Å²) in [5.74, 6) is 6.40. The Bertz CT molecular complexity index is 2500. The maximum atomic E-state index is 12.6. The number of hydrogen-bond acceptors (Lipinski definition) is 14. The van der Waals surface area contributed by atoms with Gasteiger partial charge in [-0.3, -0.25) is 18.7 Å². The van der Waals surface area contributed by atoms with Crippen molar-refractivity contribution in [2.24, 2.45) is 109 Å². The van der Waals surface area contributed by atoms with Crippen molar-refractivity contribution in [2.75, 3.05) is 0 Å². The first-order valence-corrected chi connectivity index (χ1v) is 34.6. The fourth-order valence-corrected chi connectivity index (χ4v) is 23.1. The topological polar surface area (TPSA) is 285 Å². The van der Waals surface area contributed by atoms with Crippen LogP contribution in [0.3, 0.4) is 0 Å². The molecule has 16 nitrogen and oxygen atoms in total. The van der Waals surface area contributed by atoms with E-state index in [1.165, 1.54) is 19.3 Å². The molecule has 13 aliphatic rings.